The van der Waals surface area contributed by atoms with Crippen molar-refractivity contribution in [2.24, 2.45) is 5.10 Å². The molecule has 160 valence electrons. The SMILES string of the molecule is CC(=O)Nc1ccc(NC(=O)C(C)OC(=O)C2=NN(c3ccccc3)C(=O)CC2)cc1. The molecular weight excluding hydrogens is 400 g/mol. The van der Waals surface area contributed by atoms with E-state index in [-0.39, 0.29) is 30.4 Å². The highest BCUT2D eigenvalue weighted by Crippen LogP contribution is 2.20. The molecule has 2 aromatic rings. The molecule has 9 heteroatoms. The second kappa shape index (κ2) is 9.66. The molecular formula is C22H22N4O5. The van der Waals surface area contributed by atoms with E-state index in [1.54, 1.807) is 48.5 Å². The molecule has 3 amide bonds. The predicted octanol–water partition coefficient (Wildman–Crippen LogP) is 2.70. The molecule has 0 saturated heterocycles. The highest BCUT2D eigenvalue weighted by molar-refractivity contribution is 6.38. The normalized spacial score (nSPS) is 14.3. The standard InChI is InChI=1S/C22H22N4O5/c1-14(21(29)24-17-10-8-16(9-11-17)23-15(2)27)31-22(30)19-12-13-20(28)26(25-19)18-6-4-3-5-7-18/h3-11,14H,12-13H2,1-2H3,(H,23,27)(H,24,29). The first kappa shape index (κ1) is 21.7. The first-order valence-corrected chi connectivity index (χ1v) is 9.68. The number of hydrogen-bond acceptors (Lipinski definition) is 6. The van der Waals surface area contributed by atoms with Gasteiger partial charge in [-0.2, -0.15) is 5.10 Å². The van der Waals surface area contributed by atoms with Gasteiger partial charge in [0.1, 0.15) is 5.71 Å². The Morgan fingerprint density at radius 2 is 1.58 bits per heavy atom. The fourth-order valence-electron chi connectivity index (χ4n) is 2.84. The van der Waals surface area contributed by atoms with Crippen molar-refractivity contribution in [1.29, 1.82) is 0 Å². The lowest BCUT2D eigenvalue weighted by Gasteiger charge is -2.23. The van der Waals surface area contributed by atoms with Crippen molar-refractivity contribution >= 4 is 46.5 Å². The average molecular weight is 422 g/mol. The van der Waals surface area contributed by atoms with E-state index in [4.69, 9.17) is 4.74 Å². The number of carbonyl (C=O) groups is 4. The van der Waals surface area contributed by atoms with Gasteiger partial charge >= 0.3 is 5.97 Å². The van der Waals surface area contributed by atoms with Gasteiger partial charge in [0.05, 0.1) is 5.69 Å². The zero-order valence-corrected chi connectivity index (χ0v) is 17.1. The van der Waals surface area contributed by atoms with Crippen LogP contribution in [0.1, 0.15) is 26.7 Å². The fraction of sp³-hybridized carbons (Fsp3) is 0.227. The second-order valence-electron chi connectivity index (χ2n) is 6.88. The fourth-order valence-corrected chi connectivity index (χ4v) is 2.84. The third kappa shape index (κ3) is 5.75. The molecule has 2 aromatic carbocycles. The molecule has 0 saturated carbocycles. The number of nitrogens with one attached hydrogen (secondary N) is 2. The van der Waals surface area contributed by atoms with Crippen molar-refractivity contribution in [2.75, 3.05) is 15.6 Å². The Hall–Kier alpha value is -4.01. The van der Waals surface area contributed by atoms with Gasteiger partial charge in [-0.05, 0) is 43.3 Å². The zero-order chi connectivity index (χ0) is 22.4. The van der Waals surface area contributed by atoms with Crippen LogP contribution in [0.15, 0.2) is 59.7 Å². The summed E-state index contributed by atoms with van der Waals surface area (Å²) in [5.74, 6) is -1.70. The predicted molar refractivity (Wildman–Crippen MR) is 116 cm³/mol. The van der Waals surface area contributed by atoms with Gasteiger partial charge in [-0.3, -0.25) is 14.4 Å². The average Bonchev–Trinajstić information content (AvgIpc) is 2.75. The molecule has 1 aliphatic rings. The van der Waals surface area contributed by atoms with E-state index in [1.165, 1.54) is 18.9 Å². The number of nitrogens with zero attached hydrogens (tertiary/aromatic N) is 2. The topological polar surface area (TPSA) is 117 Å². The van der Waals surface area contributed by atoms with Gasteiger partial charge in [0, 0.05) is 31.1 Å². The minimum Gasteiger partial charge on any atom is -0.448 e. The van der Waals surface area contributed by atoms with E-state index in [1.807, 2.05) is 6.07 Å². The number of hydrazone groups is 1. The van der Waals surface area contributed by atoms with E-state index < -0.39 is 18.0 Å². The molecule has 0 fully saturated rings. The summed E-state index contributed by atoms with van der Waals surface area (Å²) >= 11 is 0. The minimum absolute atomic E-state index is 0.0720. The number of rotatable bonds is 6. The number of benzene rings is 2. The van der Waals surface area contributed by atoms with E-state index in [9.17, 15) is 19.2 Å². The summed E-state index contributed by atoms with van der Waals surface area (Å²) in [7, 11) is 0. The van der Waals surface area contributed by atoms with E-state index in [0.29, 0.717) is 17.1 Å². The van der Waals surface area contributed by atoms with E-state index >= 15 is 0 Å². The molecule has 0 bridgehead atoms. The summed E-state index contributed by atoms with van der Waals surface area (Å²) in [6.45, 7) is 2.85. The molecule has 1 heterocycles. The molecule has 1 aliphatic heterocycles. The Labute approximate surface area is 179 Å². The second-order valence-corrected chi connectivity index (χ2v) is 6.88. The number of para-hydroxylation sites is 1. The molecule has 0 radical (unpaired) electrons. The molecule has 1 atom stereocenters. The summed E-state index contributed by atoms with van der Waals surface area (Å²) in [5, 5.41) is 10.6. The Morgan fingerprint density at radius 3 is 2.19 bits per heavy atom. The lowest BCUT2D eigenvalue weighted by atomic mass is 10.1. The molecule has 1 unspecified atom stereocenters. The third-order valence-electron chi connectivity index (χ3n) is 4.39. The minimum atomic E-state index is -1.08. The van der Waals surface area contributed by atoms with Crippen LogP contribution in [0.25, 0.3) is 0 Å². The van der Waals surface area contributed by atoms with Gasteiger partial charge in [0.25, 0.3) is 5.91 Å². The number of carbonyl (C=O) groups excluding carboxylic acids is 4. The van der Waals surface area contributed by atoms with Crippen molar-refractivity contribution in [3.8, 4) is 0 Å². The van der Waals surface area contributed by atoms with Crippen LogP contribution >= 0.6 is 0 Å². The maximum absolute atomic E-state index is 12.5. The third-order valence-corrected chi connectivity index (χ3v) is 4.39. The lowest BCUT2D eigenvalue weighted by molar-refractivity contribution is -0.146. The molecule has 0 aliphatic carbocycles. The van der Waals surface area contributed by atoms with Crippen LogP contribution in [0, 0.1) is 0 Å². The molecule has 9 nitrogen and oxygen atoms in total. The van der Waals surface area contributed by atoms with Gasteiger partial charge < -0.3 is 15.4 Å². The summed E-state index contributed by atoms with van der Waals surface area (Å²) in [6.07, 6.45) is -0.822. The molecule has 0 aromatic heterocycles. The van der Waals surface area contributed by atoms with Gasteiger partial charge in [-0.15, -0.1) is 0 Å². The zero-order valence-electron chi connectivity index (χ0n) is 17.1. The van der Waals surface area contributed by atoms with E-state index in [0.717, 1.165) is 0 Å². The summed E-state index contributed by atoms with van der Waals surface area (Å²) in [6, 6.07) is 15.3. The van der Waals surface area contributed by atoms with Crippen LogP contribution in [0.4, 0.5) is 17.1 Å². The highest BCUT2D eigenvalue weighted by Gasteiger charge is 2.28. The smallest absolute Gasteiger partial charge is 0.355 e. The van der Waals surface area contributed by atoms with Crippen LogP contribution in [0.3, 0.4) is 0 Å². The number of anilines is 3. The van der Waals surface area contributed by atoms with Crippen LogP contribution in [0.2, 0.25) is 0 Å². The number of amides is 3. The summed E-state index contributed by atoms with van der Waals surface area (Å²) in [5.41, 5.74) is 1.70. The number of esters is 1. The Morgan fingerprint density at radius 1 is 0.968 bits per heavy atom. The van der Waals surface area contributed by atoms with Crippen molar-refractivity contribution in [1.82, 2.24) is 0 Å². The summed E-state index contributed by atoms with van der Waals surface area (Å²) < 4.78 is 5.24. The van der Waals surface area contributed by atoms with Gasteiger partial charge in [-0.25, -0.2) is 9.80 Å². The molecule has 2 N–H and O–H groups in total. The van der Waals surface area contributed by atoms with Crippen molar-refractivity contribution in [3.63, 3.8) is 0 Å². The van der Waals surface area contributed by atoms with Gasteiger partial charge in [0.2, 0.25) is 11.8 Å². The van der Waals surface area contributed by atoms with Crippen molar-refractivity contribution in [3.05, 3.63) is 54.6 Å². The van der Waals surface area contributed by atoms with Crippen LogP contribution in [-0.4, -0.2) is 35.5 Å². The monoisotopic (exact) mass is 422 g/mol. The Bertz CT molecular complexity index is 1020. The van der Waals surface area contributed by atoms with Crippen LogP contribution < -0.4 is 15.6 Å². The first-order valence-electron chi connectivity index (χ1n) is 9.68. The van der Waals surface area contributed by atoms with Crippen molar-refractivity contribution in [2.45, 2.75) is 32.8 Å². The number of hydrogen-bond donors (Lipinski definition) is 2. The van der Waals surface area contributed by atoms with Gasteiger partial charge in [-0.1, -0.05) is 18.2 Å². The van der Waals surface area contributed by atoms with E-state index in [2.05, 4.69) is 15.7 Å². The van der Waals surface area contributed by atoms with Crippen molar-refractivity contribution < 1.29 is 23.9 Å². The number of ether oxygens (including phenoxy) is 1. The molecule has 31 heavy (non-hydrogen) atoms. The maximum Gasteiger partial charge on any atom is 0.355 e. The molecule has 3 rings (SSSR count). The lowest BCUT2D eigenvalue weighted by Crippen LogP contribution is -2.37. The maximum atomic E-state index is 12.5. The van der Waals surface area contributed by atoms with Crippen LogP contribution in [-0.2, 0) is 23.9 Å². The van der Waals surface area contributed by atoms with Crippen LogP contribution in [0.5, 0.6) is 0 Å². The first-order chi connectivity index (χ1) is 14.8. The largest absolute Gasteiger partial charge is 0.448 e. The summed E-state index contributed by atoms with van der Waals surface area (Å²) in [4.78, 5) is 48.1. The van der Waals surface area contributed by atoms with Gasteiger partial charge in [0.15, 0.2) is 6.10 Å². The quantitative estimate of drug-likeness (QED) is 0.694. The Balaban J connectivity index is 1.61. The highest BCUT2D eigenvalue weighted by atomic mass is 16.5. The molecule has 0 spiro atoms. The Kier molecular flexibility index (Phi) is 6.76.